The van der Waals surface area contributed by atoms with Gasteiger partial charge in [0.25, 0.3) is 0 Å². The lowest BCUT2D eigenvalue weighted by atomic mass is 10.1. The van der Waals surface area contributed by atoms with E-state index < -0.39 is 24.8 Å². The number of hydrogen-bond donors (Lipinski definition) is 2. The second kappa shape index (κ2) is 4.59. The monoisotopic (exact) mass is 221 g/mol. The Morgan fingerprint density at radius 2 is 2.00 bits per heavy atom. The van der Waals surface area contributed by atoms with Gasteiger partial charge in [-0.1, -0.05) is 6.07 Å². The Bertz CT molecular complexity index is 302. The van der Waals surface area contributed by atoms with Crippen LogP contribution in [0.15, 0.2) is 24.5 Å². The number of aromatic nitrogens is 1. The van der Waals surface area contributed by atoms with Crippen molar-refractivity contribution in [2.75, 3.05) is 0 Å². The average molecular weight is 221 g/mol. The molecule has 1 heterocycles. The van der Waals surface area contributed by atoms with E-state index in [4.69, 9.17) is 5.11 Å². The predicted octanol–water partition coefficient (Wildman–Crippen LogP) is 1.43. The molecule has 1 rings (SSSR count). The van der Waals surface area contributed by atoms with Gasteiger partial charge >= 0.3 is 6.18 Å². The summed E-state index contributed by atoms with van der Waals surface area (Å²) in [6.45, 7) is 0. The standard InChI is InChI=1S/C9H10F3NO2/c10-9(11,12)8(15)4-7(14)6-2-1-3-13-5-6/h1-3,5,7-8,14-15H,4H2. The molecule has 0 fully saturated rings. The fraction of sp³-hybridized carbons (Fsp3) is 0.444. The van der Waals surface area contributed by atoms with Crippen molar-refractivity contribution in [3.05, 3.63) is 30.1 Å². The summed E-state index contributed by atoms with van der Waals surface area (Å²) in [7, 11) is 0. The molecule has 15 heavy (non-hydrogen) atoms. The highest BCUT2D eigenvalue weighted by Crippen LogP contribution is 2.27. The Balaban J connectivity index is 2.61. The van der Waals surface area contributed by atoms with Crippen molar-refractivity contribution in [2.24, 2.45) is 0 Å². The van der Waals surface area contributed by atoms with Crippen molar-refractivity contribution >= 4 is 0 Å². The van der Waals surface area contributed by atoms with Gasteiger partial charge in [0.15, 0.2) is 6.10 Å². The van der Waals surface area contributed by atoms with E-state index in [1.54, 1.807) is 0 Å². The summed E-state index contributed by atoms with van der Waals surface area (Å²) in [6.07, 6.45) is -6.68. The molecule has 0 spiro atoms. The molecular weight excluding hydrogens is 211 g/mol. The lowest BCUT2D eigenvalue weighted by Crippen LogP contribution is -2.30. The first kappa shape index (κ1) is 11.9. The highest BCUT2D eigenvalue weighted by molar-refractivity contribution is 5.11. The van der Waals surface area contributed by atoms with Crippen LogP contribution in [0.1, 0.15) is 18.1 Å². The number of aliphatic hydroxyl groups excluding tert-OH is 2. The highest BCUT2D eigenvalue weighted by atomic mass is 19.4. The molecule has 0 amide bonds. The highest BCUT2D eigenvalue weighted by Gasteiger charge is 2.39. The molecule has 0 radical (unpaired) electrons. The first-order valence-corrected chi connectivity index (χ1v) is 4.24. The number of pyridine rings is 1. The zero-order valence-electron chi connectivity index (χ0n) is 7.65. The Morgan fingerprint density at radius 1 is 1.33 bits per heavy atom. The third-order valence-electron chi connectivity index (χ3n) is 1.89. The Hall–Kier alpha value is -1.14. The molecule has 2 N–H and O–H groups in total. The van der Waals surface area contributed by atoms with Crippen LogP contribution >= 0.6 is 0 Å². The van der Waals surface area contributed by atoms with Gasteiger partial charge < -0.3 is 10.2 Å². The zero-order chi connectivity index (χ0) is 11.5. The van der Waals surface area contributed by atoms with Crippen LogP contribution in [-0.4, -0.2) is 27.5 Å². The number of hydrogen-bond acceptors (Lipinski definition) is 3. The van der Waals surface area contributed by atoms with Crippen molar-refractivity contribution in [1.29, 1.82) is 0 Å². The molecule has 0 aromatic carbocycles. The SMILES string of the molecule is OC(CC(O)C(F)(F)F)c1cccnc1. The first-order valence-electron chi connectivity index (χ1n) is 4.24. The van der Waals surface area contributed by atoms with Crippen molar-refractivity contribution in [1.82, 2.24) is 4.98 Å². The van der Waals surface area contributed by atoms with Crippen LogP contribution in [0.25, 0.3) is 0 Å². The molecule has 0 aliphatic heterocycles. The molecule has 0 saturated carbocycles. The maximum Gasteiger partial charge on any atom is 0.414 e. The fourth-order valence-electron chi connectivity index (χ4n) is 1.05. The molecule has 3 nitrogen and oxygen atoms in total. The normalized spacial score (nSPS) is 16.1. The largest absolute Gasteiger partial charge is 0.414 e. The van der Waals surface area contributed by atoms with Gasteiger partial charge in [0.1, 0.15) is 0 Å². The molecule has 0 bridgehead atoms. The summed E-state index contributed by atoms with van der Waals surface area (Å²) >= 11 is 0. The Labute approximate surface area is 84.2 Å². The number of nitrogens with zero attached hydrogens (tertiary/aromatic N) is 1. The summed E-state index contributed by atoms with van der Waals surface area (Å²) in [4.78, 5) is 3.65. The summed E-state index contributed by atoms with van der Waals surface area (Å²) in [5.41, 5.74) is 0.251. The maximum atomic E-state index is 11.9. The molecule has 0 aliphatic rings. The van der Waals surface area contributed by atoms with Gasteiger partial charge in [-0.15, -0.1) is 0 Å². The van der Waals surface area contributed by atoms with Gasteiger partial charge in [-0.2, -0.15) is 13.2 Å². The van der Waals surface area contributed by atoms with Crippen molar-refractivity contribution in [2.45, 2.75) is 24.8 Å². The summed E-state index contributed by atoms with van der Waals surface area (Å²) in [5, 5.41) is 18.1. The van der Waals surface area contributed by atoms with Crippen LogP contribution in [-0.2, 0) is 0 Å². The van der Waals surface area contributed by atoms with E-state index in [1.807, 2.05) is 0 Å². The number of rotatable bonds is 3. The Morgan fingerprint density at radius 3 is 2.47 bits per heavy atom. The third-order valence-corrected chi connectivity index (χ3v) is 1.89. The fourth-order valence-corrected chi connectivity index (χ4v) is 1.05. The minimum absolute atomic E-state index is 0.251. The van der Waals surface area contributed by atoms with Crippen LogP contribution in [0, 0.1) is 0 Å². The zero-order valence-corrected chi connectivity index (χ0v) is 7.65. The topological polar surface area (TPSA) is 53.4 Å². The summed E-state index contributed by atoms with van der Waals surface area (Å²) in [6, 6.07) is 2.94. The third kappa shape index (κ3) is 3.49. The summed E-state index contributed by atoms with van der Waals surface area (Å²) < 4.78 is 35.8. The summed E-state index contributed by atoms with van der Waals surface area (Å²) in [5.74, 6) is 0. The van der Waals surface area contributed by atoms with E-state index in [0.29, 0.717) is 0 Å². The smallest absolute Gasteiger partial charge is 0.388 e. The lowest BCUT2D eigenvalue weighted by molar-refractivity contribution is -0.211. The van der Waals surface area contributed by atoms with Gasteiger partial charge in [-0.25, -0.2) is 0 Å². The van der Waals surface area contributed by atoms with Crippen LogP contribution in [0.2, 0.25) is 0 Å². The predicted molar refractivity (Wildman–Crippen MR) is 45.9 cm³/mol. The number of halogens is 3. The molecule has 0 saturated heterocycles. The second-order valence-corrected chi connectivity index (χ2v) is 3.10. The van der Waals surface area contributed by atoms with E-state index in [1.165, 1.54) is 24.5 Å². The van der Waals surface area contributed by atoms with Crippen molar-refractivity contribution in [3.8, 4) is 0 Å². The van der Waals surface area contributed by atoms with E-state index >= 15 is 0 Å². The van der Waals surface area contributed by atoms with E-state index in [-0.39, 0.29) is 5.56 Å². The average Bonchev–Trinajstić information content (AvgIpc) is 2.17. The molecule has 84 valence electrons. The van der Waals surface area contributed by atoms with Crippen molar-refractivity contribution in [3.63, 3.8) is 0 Å². The van der Waals surface area contributed by atoms with Gasteiger partial charge in [0.2, 0.25) is 0 Å². The van der Waals surface area contributed by atoms with E-state index in [0.717, 1.165) is 0 Å². The molecule has 0 aliphatic carbocycles. The molecule has 2 unspecified atom stereocenters. The second-order valence-electron chi connectivity index (χ2n) is 3.10. The molecule has 1 aromatic rings. The molecule has 2 atom stereocenters. The van der Waals surface area contributed by atoms with Crippen LogP contribution in [0.5, 0.6) is 0 Å². The maximum absolute atomic E-state index is 11.9. The quantitative estimate of drug-likeness (QED) is 0.811. The number of aliphatic hydroxyl groups is 2. The van der Waals surface area contributed by atoms with Gasteiger partial charge in [-0.3, -0.25) is 4.98 Å². The van der Waals surface area contributed by atoms with Crippen LogP contribution in [0.3, 0.4) is 0 Å². The minimum Gasteiger partial charge on any atom is -0.388 e. The van der Waals surface area contributed by atoms with Gasteiger partial charge in [0, 0.05) is 18.8 Å². The molecular formula is C9H10F3NO2. The van der Waals surface area contributed by atoms with E-state index in [2.05, 4.69) is 4.98 Å². The van der Waals surface area contributed by atoms with E-state index in [9.17, 15) is 18.3 Å². The number of alkyl halides is 3. The van der Waals surface area contributed by atoms with Gasteiger partial charge in [0.05, 0.1) is 6.10 Å². The van der Waals surface area contributed by atoms with Crippen LogP contribution in [0.4, 0.5) is 13.2 Å². The Kier molecular flexibility index (Phi) is 3.65. The molecule has 1 aromatic heterocycles. The lowest BCUT2D eigenvalue weighted by Gasteiger charge is -2.17. The minimum atomic E-state index is -4.71. The first-order chi connectivity index (χ1) is 6.91. The van der Waals surface area contributed by atoms with Gasteiger partial charge in [-0.05, 0) is 11.6 Å². The van der Waals surface area contributed by atoms with Crippen LogP contribution < -0.4 is 0 Å². The van der Waals surface area contributed by atoms with Crippen molar-refractivity contribution < 1.29 is 23.4 Å². The molecule has 6 heteroatoms.